The molecule has 9 aromatic rings. The first kappa shape index (κ1) is 27.4. The predicted octanol–water partition coefficient (Wildman–Crippen LogP) is 11.6. The molecule has 0 aliphatic rings. The maximum Gasteiger partial charge on any atom is 0.190 e. The van der Waals surface area contributed by atoms with E-state index in [0.717, 1.165) is 66.5 Å². The van der Waals surface area contributed by atoms with E-state index in [1.54, 1.807) is 6.07 Å². The first-order valence-electron chi connectivity index (χ1n) is 15.9. The van der Waals surface area contributed by atoms with Crippen LogP contribution in [-0.2, 0) is 0 Å². The zero-order valence-corrected chi connectivity index (χ0v) is 25.8. The molecule has 7 aromatic carbocycles. The third-order valence-electron chi connectivity index (χ3n) is 9.36. The average molecular weight is 611 g/mol. The highest BCUT2D eigenvalue weighted by Crippen LogP contribution is 2.43. The van der Waals surface area contributed by atoms with Crippen LogP contribution >= 0.6 is 0 Å². The Hall–Kier alpha value is -6.88. The van der Waals surface area contributed by atoms with Crippen LogP contribution in [0.1, 0.15) is 5.56 Å². The fourth-order valence-corrected chi connectivity index (χ4v) is 7.37. The first-order chi connectivity index (χ1) is 23.7. The summed E-state index contributed by atoms with van der Waals surface area (Å²) in [6.07, 6.45) is 0. The lowest BCUT2D eigenvalue weighted by molar-refractivity contribution is 1.18. The van der Waals surface area contributed by atoms with Gasteiger partial charge in [-0.3, -0.25) is 0 Å². The molecule has 2 aromatic heterocycles. The molecule has 0 saturated heterocycles. The van der Waals surface area contributed by atoms with Gasteiger partial charge in [0.2, 0.25) is 0 Å². The van der Waals surface area contributed by atoms with Crippen LogP contribution in [0.15, 0.2) is 158 Å². The number of rotatable bonds is 4. The molecule has 48 heavy (non-hydrogen) atoms. The number of hydrogen-bond donors (Lipinski definition) is 0. The van der Waals surface area contributed by atoms with Crippen molar-refractivity contribution in [1.82, 2.24) is 9.13 Å². The Morgan fingerprint density at radius 1 is 0.500 bits per heavy atom. The van der Waals surface area contributed by atoms with Gasteiger partial charge in [-0.25, -0.2) is 4.85 Å². The van der Waals surface area contributed by atoms with Gasteiger partial charge >= 0.3 is 0 Å². The summed E-state index contributed by atoms with van der Waals surface area (Å²) >= 11 is 0. The summed E-state index contributed by atoms with van der Waals surface area (Å²) in [5.41, 5.74) is 10.9. The molecule has 4 nitrogen and oxygen atoms in total. The van der Waals surface area contributed by atoms with Gasteiger partial charge in [-0.1, -0.05) is 109 Å². The Morgan fingerprint density at radius 3 is 1.54 bits per heavy atom. The molecule has 0 bridgehead atoms. The molecule has 0 saturated carbocycles. The molecule has 2 heterocycles. The molecule has 0 unspecified atom stereocenters. The van der Waals surface area contributed by atoms with E-state index in [1.165, 1.54) is 10.8 Å². The van der Waals surface area contributed by atoms with E-state index >= 15 is 0 Å². The van der Waals surface area contributed by atoms with Crippen molar-refractivity contribution in [3.05, 3.63) is 175 Å². The molecule has 0 spiro atoms. The average Bonchev–Trinajstić information content (AvgIpc) is 3.67. The van der Waals surface area contributed by atoms with Gasteiger partial charge in [0.25, 0.3) is 0 Å². The van der Waals surface area contributed by atoms with Crippen LogP contribution in [0.25, 0.3) is 82.1 Å². The minimum Gasteiger partial charge on any atom is -0.310 e. The second-order valence-corrected chi connectivity index (χ2v) is 11.9. The van der Waals surface area contributed by atoms with E-state index in [1.807, 2.05) is 30.3 Å². The maximum atomic E-state index is 10.6. The van der Waals surface area contributed by atoms with Gasteiger partial charge in [0, 0.05) is 38.5 Å². The summed E-state index contributed by atoms with van der Waals surface area (Å²) in [7, 11) is 0. The van der Waals surface area contributed by atoms with E-state index < -0.39 is 0 Å². The lowest BCUT2D eigenvalue weighted by Crippen LogP contribution is -2.01. The Labute approximate surface area is 277 Å². The minimum absolute atomic E-state index is 0.429. The van der Waals surface area contributed by atoms with E-state index in [0.29, 0.717) is 11.3 Å². The van der Waals surface area contributed by atoms with E-state index in [-0.39, 0.29) is 0 Å². The summed E-state index contributed by atoms with van der Waals surface area (Å²) in [5, 5.41) is 15.3. The van der Waals surface area contributed by atoms with Crippen LogP contribution in [0.5, 0.6) is 0 Å². The van der Waals surface area contributed by atoms with Gasteiger partial charge in [-0.15, -0.1) is 0 Å². The van der Waals surface area contributed by atoms with Crippen molar-refractivity contribution in [1.29, 1.82) is 5.26 Å². The monoisotopic (exact) mass is 610 g/mol. The molecular formula is C44H26N4. The van der Waals surface area contributed by atoms with E-state index in [9.17, 15) is 5.26 Å². The third-order valence-corrected chi connectivity index (χ3v) is 9.36. The van der Waals surface area contributed by atoms with Crippen LogP contribution in [0.4, 0.5) is 5.69 Å². The highest BCUT2D eigenvalue weighted by Gasteiger charge is 2.22. The molecule has 0 aliphatic carbocycles. The molecule has 4 heteroatoms. The Kier molecular flexibility index (Phi) is 6.22. The van der Waals surface area contributed by atoms with Crippen LogP contribution in [0.3, 0.4) is 0 Å². The summed E-state index contributed by atoms with van der Waals surface area (Å²) in [5.74, 6) is 0. The van der Waals surface area contributed by atoms with Crippen LogP contribution < -0.4 is 0 Å². The zero-order valence-electron chi connectivity index (χ0n) is 25.8. The van der Waals surface area contributed by atoms with Crippen LogP contribution in [0, 0.1) is 17.9 Å². The molecule has 0 aliphatic heterocycles. The fraction of sp³-hybridized carbons (Fsp3) is 0. The van der Waals surface area contributed by atoms with Crippen LogP contribution in [-0.4, -0.2) is 9.13 Å². The second kappa shape index (κ2) is 10.9. The number of hydrogen-bond acceptors (Lipinski definition) is 1. The van der Waals surface area contributed by atoms with Crippen molar-refractivity contribution in [2.75, 3.05) is 0 Å². The van der Waals surface area contributed by atoms with Crippen molar-refractivity contribution < 1.29 is 0 Å². The molecule has 0 amide bonds. The molecule has 0 N–H and O–H groups in total. The Balaban J connectivity index is 1.32. The maximum absolute atomic E-state index is 10.6. The number of para-hydroxylation sites is 4. The zero-order chi connectivity index (χ0) is 32.2. The largest absolute Gasteiger partial charge is 0.310 e. The van der Waals surface area contributed by atoms with Crippen molar-refractivity contribution in [2.45, 2.75) is 0 Å². The van der Waals surface area contributed by atoms with E-state index in [2.05, 4.69) is 141 Å². The summed E-state index contributed by atoms with van der Waals surface area (Å²) in [6, 6.07) is 56.7. The van der Waals surface area contributed by atoms with Gasteiger partial charge in [0.15, 0.2) is 5.69 Å². The molecule has 0 fully saturated rings. The SMILES string of the molecule is [C-]#[N+]c1cc(C#N)c(-c2ccccc2-c2cccc(-n3c4ccccc4c4ccccc43)c2)c(-n2c3ccccc3c3ccccc32)c1. The summed E-state index contributed by atoms with van der Waals surface area (Å²) in [4.78, 5) is 3.80. The first-order valence-corrected chi connectivity index (χ1v) is 15.9. The number of fused-ring (bicyclic) bond motifs is 6. The minimum atomic E-state index is 0.429. The topological polar surface area (TPSA) is 38.0 Å². The Morgan fingerprint density at radius 2 is 1.00 bits per heavy atom. The smallest absolute Gasteiger partial charge is 0.190 e. The van der Waals surface area contributed by atoms with Gasteiger partial charge in [-0.05, 0) is 65.2 Å². The van der Waals surface area contributed by atoms with Crippen LogP contribution in [0.2, 0.25) is 0 Å². The van der Waals surface area contributed by atoms with Gasteiger partial charge < -0.3 is 9.13 Å². The lowest BCUT2D eigenvalue weighted by Gasteiger charge is -2.19. The quantitative estimate of drug-likeness (QED) is 0.183. The van der Waals surface area contributed by atoms with Gasteiger partial charge in [0.1, 0.15) is 0 Å². The molecule has 222 valence electrons. The fourth-order valence-electron chi connectivity index (χ4n) is 7.37. The van der Waals surface area contributed by atoms with E-state index in [4.69, 9.17) is 6.57 Å². The number of nitrogens with zero attached hydrogens (tertiary/aromatic N) is 4. The van der Waals surface area contributed by atoms with Crippen molar-refractivity contribution in [3.63, 3.8) is 0 Å². The number of benzene rings is 7. The van der Waals surface area contributed by atoms with Crippen molar-refractivity contribution >= 4 is 49.3 Å². The Bertz CT molecular complexity index is 2710. The highest BCUT2D eigenvalue weighted by molar-refractivity contribution is 6.11. The van der Waals surface area contributed by atoms with Crippen molar-refractivity contribution in [2.24, 2.45) is 0 Å². The normalized spacial score (nSPS) is 11.3. The molecular weight excluding hydrogens is 585 g/mol. The lowest BCUT2D eigenvalue weighted by atomic mass is 9.90. The standard InChI is InChI=1S/C44H26N4/c1-46-31-25-30(28-45)44(43(27-31)48-41-23-10-6-18-36(41)37-19-7-11-24-42(37)48)38-20-3-2-15-33(38)29-13-12-14-32(26-29)47-39-21-8-4-16-34(39)35-17-5-9-22-40(35)47/h2-27H. The highest BCUT2D eigenvalue weighted by atomic mass is 15.0. The van der Waals surface area contributed by atoms with Gasteiger partial charge in [0.05, 0.1) is 40.3 Å². The number of aromatic nitrogens is 2. The summed E-state index contributed by atoms with van der Waals surface area (Å²) in [6.45, 7) is 7.93. The summed E-state index contributed by atoms with van der Waals surface area (Å²) < 4.78 is 4.53. The molecule has 0 atom stereocenters. The number of nitriles is 1. The molecule has 9 rings (SSSR count). The third kappa shape index (κ3) is 4.07. The van der Waals surface area contributed by atoms with Crippen molar-refractivity contribution in [3.8, 4) is 39.7 Å². The predicted molar refractivity (Wildman–Crippen MR) is 197 cm³/mol. The second-order valence-electron chi connectivity index (χ2n) is 11.9. The van der Waals surface area contributed by atoms with Gasteiger partial charge in [-0.2, -0.15) is 5.26 Å². The molecule has 0 radical (unpaired) electrons.